The Bertz CT molecular complexity index is 349. The van der Waals surface area contributed by atoms with Crippen LogP contribution in [0.25, 0.3) is 0 Å². The summed E-state index contributed by atoms with van der Waals surface area (Å²) >= 11 is 0. The standard InChI is InChI=1S/C11H12O3/c1-8-2-4-9(5-3-8)11(10(12)13)6-7-14-11/h2-5H,6-7H2,1H3,(H,12,13). The van der Waals surface area contributed by atoms with Gasteiger partial charge in [-0.05, 0) is 12.5 Å². The lowest BCUT2D eigenvalue weighted by Gasteiger charge is -2.38. The lowest BCUT2D eigenvalue weighted by atomic mass is 9.86. The van der Waals surface area contributed by atoms with E-state index in [1.165, 1.54) is 0 Å². The van der Waals surface area contributed by atoms with Crippen LogP contribution in [0.4, 0.5) is 0 Å². The van der Waals surface area contributed by atoms with Crippen LogP contribution in [-0.4, -0.2) is 17.7 Å². The predicted octanol–water partition coefficient (Wildman–Crippen LogP) is 1.70. The predicted molar refractivity (Wildman–Crippen MR) is 51.1 cm³/mol. The van der Waals surface area contributed by atoms with Gasteiger partial charge in [0.2, 0.25) is 0 Å². The number of carboxylic acid groups (broad SMARTS) is 1. The van der Waals surface area contributed by atoms with Crippen LogP contribution < -0.4 is 0 Å². The largest absolute Gasteiger partial charge is 0.479 e. The van der Waals surface area contributed by atoms with Crippen molar-refractivity contribution in [2.24, 2.45) is 0 Å². The zero-order chi connectivity index (χ0) is 10.2. The number of carboxylic acids is 1. The van der Waals surface area contributed by atoms with Gasteiger partial charge in [-0.15, -0.1) is 0 Å². The second kappa shape index (κ2) is 3.10. The summed E-state index contributed by atoms with van der Waals surface area (Å²) in [6.07, 6.45) is 0.561. The number of aliphatic carboxylic acids is 1. The molecule has 3 heteroatoms. The van der Waals surface area contributed by atoms with Crippen molar-refractivity contribution in [2.75, 3.05) is 6.61 Å². The van der Waals surface area contributed by atoms with Gasteiger partial charge in [0.15, 0.2) is 5.60 Å². The van der Waals surface area contributed by atoms with Crippen molar-refractivity contribution in [3.8, 4) is 0 Å². The normalized spacial score (nSPS) is 25.5. The van der Waals surface area contributed by atoms with Crippen LogP contribution in [0.2, 0.25) is 0 Å². The zero-order valence-corrected chi connectivity index (χ0v) is 7.99. The molecule has 1 aliphatic rings. The summed E-state index contributed by atoms with van der Waals surface area (Å²) in [6, 6.07) is 7.45. The fourth-order valence-electron chi connectivity index (χ4n) is 1.65. The van der Waals surface area contributed by atoms with Crippen molar-refractivity contribution >= 4 is 5.97 Å². The second-order valence-corrected chi connectivity index (χ2v) is 3.60. The maximum Gasteiger partial charge on any atom is 0.340 e. The van der Waals surface area contributed by atoms with Gasteiger partial charge in [-0.25, -0.2) is 4.79 Å². The fraction of sp³-hybridized carbons (Fsp3) is 0.364. The highest BCUT2D eigenvalue weighted by molar-refractivity contribution is 5.80. The molecule has 2 rings (SSSR count). The van der Waals surface area contributed by atoms with Crippen molar-refractivity contribution < 1.29 is 14.6 Å². The molecule has 3 nitrogen and oxygen atoms in total. The Morgan fingerprint density at radius 2 is 2.00 bits per heavy atom. The highest BCUT2D eigenvalue weighted by atomic mass is 16.5. The van der Waals surface area contributed by atoms with Gasteiger partial charge in [-0.2, -0.15) is 0 Å². The molecule has 0 amide bonds. The Balaban J connectivity index is 2.37. The topological polar surface area (TPSA) is 46.5 Å². The van der Waals surface area contributed by atoms with E-state index in [0.29, 0.717) is 13.0 Å². The average Bonchev–Trinajstić information content (AvgIpc) is 2.05. The Hall–Kier alpha value is -1.35. The minimum atomic E-state index is -1.08. The first-order valence-corrected chi connectivity index (χ1v) is 4.60. The maximum absolute atomic E-state index is 11.1. The van der Waals surface area contributed by atoms with Crippen molar-refractivity contribution in [1.29, 1.82) is 0 Å². The first-order chi connectivity index (χ1) is 6.65. The van der Waals surface area contributed by atoms with Gasteiger partial charge >= 0.3 is 5.97 Å². The van der Waals surface area contributed by atoms with E-state index in [0.717, 1.165) is 11.1 Å². The Morgan fingerprint density at radius 3 is 2.36 bits per heavy atom. The summed E-state index contributed by atoms with van der Waals surface area (Å²) < 4.78 is 5.21. The van der Waals surface area contributed by atoms with Gasteiger partial charge < -0.3 is 9.84 Å². The van der Waals surface area contributed by atoms with Crippen LogP contribution >= 0.6 is 0 Å². The molecule has 0 radical (unpaired) electrons. The summed E-state index contributed by atoms with van der Waals surface area (Å²) in [7, 11) is 0. The Labute approximate surface area is 82.3 Å². The van der Waals surface area contributed by atoms with Crippen molar-refractivity contribution in [3.63, 3.8) is 0 Å². The van der Waals surface area contributed by atoms with Gasteiger partial charge in [0.1, 0.15) is 0 Å². The highest BCUT2D eigenvalue weighted by Gasteiger charge is 2.47. The second-order valence-electron chi connectivity index (χ2n) is 3.60. The quantitative estimate of drug-likeness (QED) is 0.775. The van der Waals surface area contributed by atoms with Crippen LogP contribution in [0.1, 0.15) is 17.5 Å². The maximum atomic E-state index is 11.1. The molecule has 1 aromatic carbocycles. The Morgan fingerprint density at radius 1 is 1.43 bits per heavy atom. The lowest BCUT2D eigenvalue weighted by Crippen LogP contribution is -2.47. The third-order valence-corrected chi connectivity index (χ3v) is 2.67. The summed E-state index contributed by atoms with van der Waals surface area (Å²) in [6.45, 7) is 2.50. The van der Waals surface area contributed by atoms with E-state index >= 15 is 0 Å². The van der Waals surface area contributed by atoms with Crippen LogP contribution in [-0.2, 0) is 15.1 Å². The van der Waals surface area contributed by atoms with Gasteiger partial charge in [-0.3, -0.25) is 0 Å². The SMILES string of the molecule is Cc1ccc(C2(C(=O)O)CCO2)cc1. The molecule has 14 heavy (non-hydrogen) atoms. The van der Waals surface area contributed by atoms with Gasteiger partial charge in [0, 0.05) is 6.42 Å². The minimum Gasteiger partial charge on any atom is -0.479 e. The van der Waals surface area contributed by atoms with Crippen LogP contribution in [0.5, 0.6) is 0 Å². The number of rotatable bonds is 2. The number of hydrogen-bond acceptors (Lipinski definition) is 2. The summed E-state index contributed by atoms with van der Waals surface area (Å²) in [5.41, 5.74) is 0.781. The molecule has 74 valence electrons. The lowest BCUT2D eigenvalue weighted by molar-refractivity contribution is -0.197. The monoisotopic (exact) mass is 192 g/mol. The van der Waals surface area contributed by atoms with Crippen molar-refractivity contribution in [1.82, 2.24) is 0 Å². The zero-order valence-electron chi connectivity index (χ0n) is 7.99. The molecule has 1 aromatic rings. The molecular weight excluding hydrogens is 180 g/mol. The van der Waals surface area contributed by atoms with Crippen molar-refractivity contribution in [3.05, 3.63) is 35.4 Å². The molecule has 0 aliphatic carbocycles. The van der Waals surface area contributed by atoms with Crippen LogP contribution in [0.3, 0.4) is 0 Å². The molecule has 0 spiro atoms. The fourth-order valence-corrected chi connectivity index (χ4v) is 1.65. The molecule has 0 bridgehead atoms. The molecule has 1 atom stereocenters. The molecular formula is C11H12O3. The third-order valence-electron chi connectivity index (χ3n) is 2.67. The molecule has 1 fully saturated rings. The number of hydrogen-bond donors (Lipinski definition) is 1. The highest BCUT2D eigenvalue weighted by Crippen LogP contribution is 2.37. The molecule has 0 saturated carbocycles. The van der Waals surface area contributed by atoms with E-state index in [1.807, 2.05) is 31.2 Å². The van der Waals surface area contributed by atoms with Gasteiger partial charge in [0.05, 0.1) is 6.61 Å². The number of ether oxygens (including phenoxy) is 1. The summed E-state index contributed by atoms with van der Waals surface area (Å²) in [5, 5.41) is 9.08. The van der Waals surface area contributed by atoms with Crippen LogP contribution in [0.15, 0.2) is 24.3 Å². The van der Waals surface area contributed by atoms with E-state index in [-0.39, 0.29) is 0 Å². The minimum absolute atomic E-state index is 0.528. The molecule has 1 saturated heterocycles. The van der Waals surface area contributed by atoms with E-state index in [2.05, 4.69) is 0 Å². The number of carbonyl (C=O) groups is 1. The number of aryl methyl sites for hydroxylation is 1. The molecule has 1 aliphatic heterocycles. The van der Waals surface area contributed by atoms with Gasteiger partial charge in [0.25, 0.3) is 0 Å². The van der Waals surface area contributed by atoms with E-state index in [4.69, 9.17) is 9.84 Å². The summed E-state index contributed by atoms with van der Waals surface area (Å²) in [5.74, 6) is -0.896. The van der Waals surface area contributed by atoms with E-state index in [9.17, 15) is 4.79 Å². The molecule has 1 unspecified atom stereocenters. The van der Waals surface area contributed by atoms with Crippen molar-refractivity contribution in [2.45, 2.75) is 18.9 Å². The first kappa shape index (κ1) is 9.21. The smallest absolute Gasteiger partial charge is 0.340 e. The Kier molecular flexibility index (Phi) is 2.04. The van der Waals surface area contributed by atoms with E-state index in [1.54, 1.807) is 0 Å². The molecule has 0 aromatic heterocycles. The average molecular weight is 192 g/mol. The third kappa shape index (κ3) is 1.21. The molecule has 1 N–H and O–H groups in total. The summed E-state index contributed by atoms with van der Waals surface area (Å²) in [4.78, 5) is 11.1. The van der Waals surface area contributed by atoms with E-state index < -0.39 is 11.6 Å². The first-order valence-electron chi connectivity index (χ1n) is 4.60. The van der Waals surface area contributed by atoms with Crippen LogP contribution in [0, 0.1) is 6.92 Å². The van der Waals surface area contributed by atoms with Gasteiger partial charge in [-0.1, -0.05) is 29.8 Å². The number of benzene rings is 1. The molecule has 1 heterocycles.